The van der Waals surface area contributed by atoms with Crippen LogP contribution in [-0.2, 0) is 10.0 Å². The third-order valence-corrected chi connectivity index (χ3v) is 4.64. The molecule has 1 aromatic heterocycles. The Labute approximate surface area is 109 Å². The molecule has 18 heavy (non-hydrogen) atoms. The zero-order valence-electron chi connectivity index (χ0n) is 9.84. The molecule has 0 fully saturated rings. The van der Waals surface area contributed by atoms with Gasteiger partial charge in [0.25, 0.3) is 10.0 Å². The molecule has 0 bridgehead atoms. The summed E-state index contributed by atoms with van der Waals surface area (Å²) in [6.45, 7) is 3.71. The van der Waals surface area contributed by atoms with E-state index in [0.29, 0.717) is 5.00 Å². The number of nitrogens with zero attached hydrogens (tertiary/aromatic N) is 2. The number of sulfonamides is 1. The molecule has 0 aliphatic carbocycles. The fourth-order valence-electron chi connectivity index (χ4n) is 1.44. The quantitative estimate of drug-likeness (QED) is 0.833. The van der Waals surface area contributed by atoms with Crippen LogP contribution in [-0.4, -0.2) is 18.0 Å². The van der Waals surface area contributed by atoms with Crippen LogP contribution in [0.3, 0.4) is 0 Å². The first-order valence-electron chi connectivity index (χ1n) is 5.07. The zero-order chi connectivity index (χ0) is 13.3. The summed E-state index contributed by atoms with van der Waals surface area (Å²) in [6, 6.07) is 3.20. The molecule has 0 aliphatic heterocycles. The van der Waals surface area contributed by atoms with Gasteiger partial charge in [-0.2, -0.15) is 0 Å². The van der Waals surface area contributed by atoms with Crippen LogP contribution in [0.15, 0.2) is 23.2 Å². The summed E-state index contributed by atoms with van der Waals surface area (Å²) < 4.78 is 30.3. The second-order valence-electron chi connectivity index (χ2n) is 3.86. The van der Waals surface area contributed by atoms with E-state index in [9.17, 15) is 8.42 Å². The van der Waals surface area contributed by atoms with E-state index < -0.39 is 10.0 Å². The van der Waals surface area contributed by atoms with Crippen molar-refractivity contribution in [2.24, 2.45) is 0 Å². The minimum Gasteiger partial charge on any atom is -0.398 e. The Morgan fingerprint density at radius 2 is 1.94 bits per heavy atom. The number of rotatable bonds is 3. The van der Waals surface area contributed by atoms with Crippen molar-refractivity contribution in [2.75, 3.05) is 10.5 Å². The highest BCUT2D eigenvalue weighted by Crippen LogP contribution is 2.25. The lowest BCUT2D eigenvalue weighted by Gasteiger charge is -2.10. The maximum atomic E-state index is 12.1. The Kier molecular flexibility index (Phi) is 3.22. The van der Waals surface area contributed by atoms with Gasteiger partial charge in [0, 0.05) is 11.5 Å². The Morgan fingerprint density at radius 1 is 1.28 bits per heavy atom. The summed E-state index contributed by atoms with van der Waals surface area (Å²) in [4.78, 5) is 0.0685. The fraction of sp³-hybridized carbons (Fsp3) is 0.200. The van der Waals surface area contributed by atoms with Gasteiger partial charge in [-0.25, -0.2) is 8.42 Å². The Balaban J connectivity index is 2.44. The van der Waals surface area contributed by atoms with Crippen LogP contribution >= 0.6 is 11.5 Å². The number of nitrogens with two attached hydrogens (primary N) is 1. The molecule has 1 aromatic carbocycles. The van der Waals surface area contributed by atoms with Crippen LogP contribution in [0.1, 0.15) is 11.1 Å². The SMILES string of the molecule is Cc1cc(N)c(S(=O)(=O)Nc2cnns2)cc1C. The van der Waals surface area contributed by atoms with Gasteiger partial charge in [0.1, 0.15) is 9.90 Å². The van der Waals surface area contributed by atoms with Crippen LogP contribution in [0.4, 0.5) is 10.7 Å². The van der Waals surface area contributed by atoms with Crippen molar-refractivity contribution in [3.8, 4) is 0 Å². The number of aromatic nitrogens is 2. The van der Waals surface area contributed by atoms with Crippen molar-refractivity contribution in [1.82, 2.24) is 9.59 Å². The molecule has 96 valence electrons. The van der Waals surface area contributed by atoms with E-state index in [4.69, 9.17) is 5.73 Å². The minimum absolute atomic E-state index is 0.0685. The second-order valence-corrected chi connectivity index (χ2v) is 6.30. The number of benzene rings is 1. The molecule has 8 heteroatoms. The number of hydrogen-bond acceptors (Lipinski definition) is 6. The van der Waals surface area contributed by atoms with Crippen molar-refractivity contribution in [3.63, 3.8) is 0 Å². The third kappa shape index (κ3) is 2.44. The molecule has 0 saturated heterocycles. The lowest BCUT2D eigenvalue weighted by Crippen LogP contribution is -2.14. The van der Waals surface area contributed by atoms with Crippen molar-refractivity contribution >= 4 is 32.2 Å². The molecule has 2 aromatic rings. The normalized spacial score (nSPS) is 11.4. The van der Waals surface area contributed by atoms with E-state index in [2.05, 4.69) is 14.3 Å². The molecule has 6 nitrogen and oxygen atoms in total. The zero-order valence-corrected chi connectivity index (χ0v) is 11.5. The van der Waals surface area contributed by atoms with Crippen molar-refractivity contribution in [1.29, 1.82) is 0 Å². The van der Waals surface area contributed by atoms with Crippen LogP contribution < -0.4 is 10.5 Å². The van der Waals surface area contributed by atoms with Gasteiger partial charge in [0.2, 0.25) is 0 Å². The Bertz CT molecular complexity index is 665. The summed E-state index contributed by atoms with van der Waals surface area (Å²) in [6.07, 6.45) is 1.35. The minimum atomic E-state index is -3.70. The molecule has 0 atom stereocenters. The molecule has 1 heterocycles. The number of nitrogen functional groups attached to an aromatic ring is 1. The van der Waals surface area contributed by atoms with Crippen molar-refractivity contribution < 1.29 is 8.42 Å². The molecule has 0 aliphatic rings. The molecule has 2 rings (SSSR count). The van der Waals surface area contributed by atoms with E-state index in [-0.39, 0.29) is 10.6 Å². The van der Waals surface area contributed by atoms with Gasteiger partial charge in [-0.3, -0.25) is 4.72 Å². The van der Waals surface area contributed by atoms with E-state index >= 15 is 0 Å². The first-order chi connectivity index (χ1) is 8.40. The number of nitrogens with one attached hydrogen (secondary N) is 1. The highest BCUT2D eigenvalue weighted by Gasteiger charge is 2.19. The van der Waals surface area contributed by atoms with Gasteiger partial charge in [-0.15, -0.1) is 5.10 Å². The summed E-state index contributed by atoms with van der Waals surface area (Å²) >= 11 is 0.965. The smallest absolute Gasteiger partial charge is 0.264 e. The van der Waals surface area contributed by atoms with E-state index in [1.54, 1.807) is 12.1 Å². The van der Waals surface area contributed by atoms with Crippen molar-refractivity contribution in [2.45, 2.75) is 18.7 Å². The maximum absolute atomic E-state index is 12.1. The fourth-order valence-corrected chi connectivity index (χ4v) is 3.33. The third-order valence-electron chi connectivity index (χ3n) is 2.51. The van der Waals surface area contributed by atoms with E-state index in [0.717, 1.165) is 22.7 Å². The number of anilines is 2. The number of hydrogen-bond donors (Lipinski definition) is 2. The van der Waals surface area contributed by atoms with E-state index in [1.165, 1.54) is 6.20 Å². The average molecular weight is 284 g/mol. The van der Waals surface area contributed by atoms with Crippen LogP contribution in [0, 0.1) is 13.8 Å². The highest BCUT2D eigenvalue weighted by molar-refractivity contribution is 7.93. The van der Waals surface area contributed by atoms with Crippen molar-refractivity contribution in [3.05, 3.63) is 29.5 Å². The molecular weight excluding hydrogens is 272 g/mol. The van der Waals surface area contributed by atoms with Gasteiger partial charge >= 0.3 is 0 Å². The van der Waals surface area contributed by atoms with Crippen LogP contribution in [0.5, 0.6) is 0 Å². The summed E-state index contributed by atoms with van der Waals surface area (Å²) in [5.74, 6) is 0. The topological polar surface area (TPSA) is 98.0 Å². The lowest BCUT2D eigenvalue weighted by molar-refractivity contribution is 0.601. The predicted octanol–water partition coefficient (Wildman–Crippen LogP) is 1.54. The van der Waals surface area contributed by atoms with Gasteiger partial charge in [0.05, 0.1) is 11.9 Å². The van der Waals surface area contributed by atoms with Crippen LogP contribution in [0.25, 0.3) is 0 Å². The highest BCUT2D eigenvalue weighted by atomic mass is 32.2. The number of aryl methyl sites for hydroxylation is 2. The molecule has 0 unspecified atom stereocenters. The monoisotopic (exact) mass is 284 g/mol. The first-order valence-corrected chi connectivity index (χ1v) is 7.33. The van der Waals surface area contributed by atoms with Crippen LogP contribution in [0.2, 0.25) is 0 Å². The molecular formula is C10H12N4O2S2. The Hall–Kier alpha value is -1.67. The van der Waals surface area contributed by atoms with Gasteiger partial charge in [0.15, 0.2) is 0 Å². The maximum Gasteiger partial charge on any atom is 0.264 e. The second kappa shape index (κ2) is 4.54. The predicted molar refractivity (Wildman–Crippen MR) is 71.0 cm³/mol. The molecule has 0 spiro atoms. The lowest BCUT2D eigenvalue weighted by atomic mass is 10.1. The van der Waals surface area contributed by atoms with Gasteiger partial charge < -0.3 is 5.73 Å². The van der Waals surface area contributed by atoms with E-state index in [1.807, 2.05) is 13.8 Å². The standard InChI is InChI=1S/C10H12N4O2S2/c1-6-3-8(11)9(4-7(6)2)18(15,16)13-10-5-12-14-17-10/h3-5,13H,11H2,1-2H3. The molecule has 0 radical (unpaired) electrons. The first kappa shape index (κ1) is 12.8. The largest absolute Gasteiger partial charge is 0.398 e. The summed E-state index contributed by atoms with van der Waals surface area (Å²) in [5.41, 5.74) is 7.80. The molecule has 0 saturated carbocycles. The molecule has 0 amide bonds. The molecule has 3 N–H and O–H groups in total. The summed E-state index contributed by atoms with van der Waals surface area (Å²) in [5, 5.41) is 3.92. The average Bonchev–Trinajstić information content (AvgIpc) is 2.75. The summed E-state index contributed by atoms with van der Waals surface area (Å²) in [7, 11) is -3.70. The van der Waals surface area contributed by atoms with Gasteiger partial charge in [-0.1, -0.05) is 4.49 Å². The van der Waals surface area contributed by atoms with Gasteiger partial charge in [-0.05, 0) is 37.1 Å². The Morgan fingerprint density at radius 3 is 2.56 bits per heavy atom.